The van der Waals surface area contributed by atoms with Gasteiger partial charge >= 0.3 is 0 Å². The summed E-state index contributed by atoms with van der Waals surface area (Å²) in [7, 11) is 0. The van der Waals surface area contributed by atoms with Crippen LogP contribution >= 0.6 is 11.3 Å². The molecule has 1 aliphatic heterocycles. The van der Waals surface area contributed by atoms with Crippen molar-refractivity contribution in [3.8, 4) is 6.07 Å². The maximum Gasteiger partial charge on any atom is 0.274 e. The van der Waals surface area contributed by atoms with E-state index in [1.54, 1.807) is 22.0 Å². The molecule has 0 radical (unpaired) electrons. The summed E-state index contributed by atoms with van der Waals surface area (Å²) in [4.78, 5) is 15.3. The van der Waals surface area contributed by atoms with E-state index in [2.05, 4.69) is 26.7 Å². The zero-order valence-electron chi connectivity index (χ0n) is 13.4. The number of rotatable bonds is 3. The first-order valence-corrected chi connectivity index (χ1v) is 8.87. The fourth-order valence-electron chi connectivity index (χ4n) is 2.89. The number of hydrogen-bond donors (Lipinski definition) is 2. The Morgan fingerprint density at radius 3 is 2.84 bits per heavy atom. The van der Waals surface area contributed by atoms with E-state index in [1.165, 1.54) is 11.3 Å². The highest BCUT2D eigenvalue weighted by molar-refractivity contribution is 7.11. The molecular formula is C17H16N6OS. The van der Waals surface area contributed by atoms with Crippen molar-refractivity contribution < 1.29 is 4.79 Å². The Balaban J connectivity index is 1.65. The van der Waals surface area contributed by atoms with Crippen molar-refractivity contribution in [3.63, 3.8) is 0 Å². The van der Waals surface area contributed by atoms with Crippen molar-refractivity contribution in [1.82, 2.24) is 14.9 Å². The summed E-state index contributed by atoms with van der Waals surface area (Å²) in [6, 6.07) is 11.4. The lowest BCUT2D eigenvalue weighted by molar-refractivity contribution is 0.102. The minimum atomic E-state index is -0.278. The highest BCUT2D eigenvalue weighted by Crippen LogP contribution is 2.22. The second-order valence-electron chi connectivity index (χ2n) is 5.71. The number of thiophene rings is 1. The lowest BCUT2D eigenvalue weighted by Gasteiger charge is -2.28. The molecule has 0 saturated carbocycles. The van der Waals surface area contributed by atoms with Gasteiger partial charge in [0.15, 0.2) is 0 Å². The van der Waals surface area contributed by atoms with E-state index in [0.717, 1.165) is 37.5 Å². The normalized spacial score (nSPS) is 14.4. The highest BCUT2D eigenvalue weighted by Gasteiger charge is 2.17. The number of aromatic nitrogens is 2. The van der Waals surface area contributed by atoms with Crippen LogP contribution in [0.5, 0.6) is 0 Å². The lowest BCUT2D eigenvalue weighted by atomic mass is 10.3. The summed E-state index contributed by atoms with van der Waals surface area (Å²) >= 11 is 1.30. The maximum atomic E-state index is 12.6. The van der Waals surface area contributed by atoms with Crippen LogP contribution in [0.3, 0.4) is 0 Å². The van der Waals surface area contributed by atoms with Crippen LogP contribution in [0.1, 0.15) is 15.4 Å². The Kier molecular flexibility index (Phi) is 4.09. The first-order valence-electron chi connectivity index (χ1n) is 7.99. The quantitative estimate of drug-likeness (QED) is 0.752. The van der Waals surface area contributed by atoms with Gasteiger partial charge < -0.3 is 15.5 Å². The Labute approximate surface area is 148 Å². The first kappa shape index (κ1) is 15.6. The van der Waals surface area contributed by atoms with Gasteiger partial charge in [-0.25, -0.2) is 4.52 Å². The van der Waals surface area contributed by atoms with Gasteiger partial charge in [0, 0.05) is 26.2 Å². The van der Waals surface area contributed by atoms with Gasteiger partial charge in [-0.1, -0.05) is 0 Å². The van der Waals surface area contributed by atoms with Crippen LogP contribution < -0.4 is 15.5 Å². The zero-order valence-corrected chi connectivity index (χ0v) is 14.2. The predicted octanol–water partition coefficient (Wildman–Crippen LogP) is 1.93. The van der Waals surface area contributed by atoms with Gasteiger partial charge in [-0.3, -0.25) is 4.79 Å². The molecule has 3 aromatic heterocycles. The summed E-state index contributed by atoms with van der Waals surface area (Å²) < 4.78 is 1.66. The van der Waals surface area contributed by atoms with Gasteiger partial charge in [-0.05, 0) is 35.7 Å². The van der Waals surface area contributed by atoms with Crippen LogP contribution in [0, 0.1) is 11.3 Å². The maximum absolute atomic E-state index is 12.6. The third-order valence-electron chi connectivity index (χ3n) is 4.18. The minimum Gasteiger partial charge on any atom is -0.353 e. The van der Waals surface area contributed by atoms with Gasteiger partial charge in [0.05, 0.1) is 11.2 Å². The number of amides is 1. The number of hydrogen-bond acceptors (Lipinski definition) is 6. The monoisotopic (exact) mass is 352 g/mol. The molecule has 8 heteroatoms. The fourth-order valence-corrected chi connectivity index (χ4v) is 3.53. The SMILES string of the molecule is N#Cc1sccc1NC(=O)c1ccc2ccc(N3CCNCC3)nn12. The van der Waals surface area contributed by atoms with Crippen molar-refractivity contribution in [2.75, 3.05) is 36.4 Å². The van der Waals surface area contributed by atoms with E-state index in [-0.39, 0.29) is 5.91 Å². The van der Waals surface area contributed by atoms with Crippen molar-refractivity contribution in [2.24, 2.45) is 0 Å². The van der Waals surface area contributed by atoms with Crippen molar-refractivity contribution in [1.29, 1.82) is 5.26 Å². The summed E-state index contributed by atoms with van der Waals surface area (Å²) in [5.41, 5.74) is 1.84. The fraction of sp³-hybridized carbons (Fsp3) is 0.235. The van der Waals surface area contributed by atoms with Crippen molar-refractivity contribution in [2.45, 2.75) is 0 Å². The average molecular weight is 352 g/mol. The molecule has 0 bridgehead atoms. The largest absolute Gasteiger partial charge is 0.353 e. The molecule has 4 rings (SSSR count). The summed E-state index contributed by atoms with van der Waals surface area (Å²) in [5.74, 6) is 0.576. The van der Waals surface area contributed by atoms with E-state index in [0.29, 0.717) is 16.3 Å². The molecule has 25 heavy (non-hydrogen) atoms. The van der Waals surface area contributed by atoms with Crippen LogP contribution in [-0.4, -0.2) is 41.7 Å². The molecule has 1 fully saturated rings. The lowest BCUT2D eigenvalue weighted by Crippen LogP contribution is -2.44. The number of nitrogens with zero attached hydrogens (tertiary/aromatic N) is 4. The van der Waals surface area contributed by atoms with E-state index in [4.69, 9.17) is 5.26 Å². The number of piperazine rings is 1. The van der Waals surface area contributed by atoms with Gasteiger partial charge in [0.1, 0.15) is 22.5 Å². The molecule has 1 saturated heterocycles. The number of anilines is 2. The van der Waals surface area contributed by atoms with Gasteiger partial charge in [0.2, 0.25) is 0 Å². The third kappa shape index (κ3) is 2.95. The number of carbonyl (C=O) groups is 1. The molecule has 0 atom stereocenters. The highest BCUT2D eigenvalue weighted by atomic mass is 32.1. The Morgan fingerprint density at radius 2 is 2.04 bits per heavy atom. The molecule has 2 N–H and O–H groups in total. The molecule has 1 aliphatic rings. The molecule has 0 spiro atoms. The van der Waals surface area contributed by atoms with E-state index < -0.39 is 0 Å². The molecule has 1 amide bonds. The summed E-state index contributed by atoms with van der Waals surface area (Å²) in [6.07, 6.45) is 0. The topological polar surface area (TPSA) is 85.5 Å². The number of nitrogens with one attached hydrogen (secondary N) is 2. The molecule has 3 aromatic rings. The minimum absolute atomic E-state index is 0.278. The second-order valence-corrected chi connectivity index (χ2v) is 6.63. The molecular weight excluding hydrogens is 336 g/mol. The Hall–Kier alpha value is -2.89. The summed E-state index contributed by atoms with van der Waals surface area (Å²) in [6.45, 7) is 3.63. The van der Waals surface area contributed by atoms with Gasteiger partial charge in [-0.15, -0.1) is 16.4 Å². The van der Waals surface area contributed by atoms with Crippen LogP contribution in [0.15, 0.2) is 35.7 Å². The van der Waals surface area contributed by atoms with Crippen LogP contribution in [-0.2, 0) is 0 Å². The van der Waals surface area contributed by atoms with Gasteiger partial charge in [-0.2, -0.15) is 5.26 Å². The number of fused-ring (bicyclic) bond motifs is 1. The third-order valence-corrected chi connectivity index (χ3v) is 5.00. The molecule has 0 aliphatic carbocycles. The average Bonchev–Trinajstić information content (AvgIpc) is 3.28. The van der Waals surface area contributed by atoms with Crippen molar-refractivity contribution >= 4 is 34.3 Å². The van der Waals surface area contributed by atoms with E-state index >= 15 is 0 Å². The first-order chi connectivity index (χ1) is 12.3. The van der Waals surface area contributed by atoms with Gasteiger partial charge in [0.25, 0.3) is 5.91 Å². The summed E-state index contributed by atoms with van der Waals surface area (Å²) in [5, 5.41) is 21.6. The van der Waals surface area contributed by atoms with E-state index in [1.807, 2.05) is 18.2 Å². The number of carbonyl (C=O) groups excluding carboxylic acids is 1. The Bertz CT molecular complexity index is 963. The van der Waals surface area contributed by atoms with E-state index in [9.17, 15) is 4.79 Å². The molecule has 0 aromatic carbocycles. The smallest absolute Gasteiger partial charge is 0.274 e. The number of nitriles is 1. The standard InChI is InChI=1S/C17H16N6OS/c18-11-15-13(5-10-25-15)20-17(24)14-3-1-12-2-4-16(21-23(12)14)22-8-6-19-7-9-22/h1-5,10,19H,6-9H2,(H,20,24). The molecule has 126 valence electrons. The zero-order chi connectivity index (χ0) is 17.2. The molecule has 7 nitrogen and oxygen atoms in total. The van der Waals surface area contributed by atoms with Crippen LogP contribution in [0.4, 0.5) is 11.5 Å². The van der Waals surface area contributed by atoms with Crippen molar-refractivity contribution in [3.05, 3.63) is 46.3 Å². The van der Waals surface area contributed by atoms with Crippen LogP contribution in [0.25, 0.3) is 5.52 Å². The second kappa shape index (κ2) is 6.55. The predicted molar refractivity (Wildman–Crippen MR) is 97.3 cm³/mol. The van der Waals surface area contributed by atoms with Crippen LogP contribution in [0.2, 0.25) is 0 Å². The molecule has 4 heterocycles. The molecule has 0 unspecified atom stereocenters. The Morgan fingerprint density at radius 1 is 1.24 bits per heavy atom.